The van der Waals surface area contributed by atoms with Crippen molar-refractivity contribution in [2.75, 3.05) is 0 Å². The van der Waals surface area contributed by atoms with Gasteiger partial charge in [-0.25, -0.2) is 4.39 Å². The van der Waals surface area contributed by atoms with E-state index in [1.54, 1.807) is 12.1 Å². The molecule has 2 aromatic carbocycles. The quantitative estimate of drug-likeness (QED) is 0.865. The van der Waals surface area contributed by atoms with Crippen LogP contribution in [0.5, 0.6) is 0 Å². The second kappa shape index (κ2) is 5.78. The number of hydrogen-bond acceptors (Lipinski definition) is 1. The maximum Gasteiger partial charge on any atom is 0.123 e. The van der Waals surface area contributed by atoms with Crippen molar-refractivity contribution < 1.29 is 9.50 Å². The van der Waals surface area contributed by atoms with Crippen molar-refractivity contribution in [3.8, 4) is 0 Å². The Morgan fingerprint density at radius 2 is 1.78 bits per heavy atom. The zero-order valence-corrected chi connectivity index (χ0v) is 10.4. The summed E-state index contributed by atoms with van der Waals surface area (Å²) >= 11 is 0. The van der Waals surface area contributed by atoms with Gasteiger partial charge in [-0.1, -0.05) is 49.7 Å². The minimum atomic E-state index is -0.767. The Bertz CT molecular complexity index is 505. The minimum absolute atomic E-state index is 0.325. The average Bonchev–Trinajstić information content (AvgIpc) is 2.39. The molecule has 1 unspecified atom stereocenters. The minimum Gasteiger partial charge on any atom is -0.384 e. The summed E-state index contributed by atoms with van der Waals surface area (Å²) in [6, 6.07) is 13.9. The molecule has 2 aromatic rings. The van der Waals surface area contributed by atoms with E-state index in [0.29, 0.717) is 5.56 Å². The van der Waals surface area contributed by atoms with Crippen molar-refractivity contribution in [1.29, 1.82) is 0 Å². The molecule has 0 spiro atoms. The Morgan fingerprint density at radius 1 is 1.06 bits per heavy atom. The van der Waals surface area contributed by atoms with Crippen LogP contribution in [0.15, 0.2) is 48.5 Å². The molecule has 0 fully saturated rings. The Hall–Kier alpha value is -1.67. The molecule has 0 radical (unpaired) electrons. The maximum atomic E-state index is 13.1. The van der Waals surface area contributed by atoms with Gasteiger partial charge in [-0.05, 0) is 35.2 Å². The van der Waals surface area contributed by atoms with Crippen LogP contribution < -0.4 is 0 Å². The topological polar surface area (TPSA) is 20.2 Å². The molecule has 0 aliphatic carbocycles. The monoisotopic (exact) mass is 244 g/mol. The van der Waals surface area contributed by atoms with Gasteiger partial charge in [0.05, 0.1) is 0 Å². The molecule has 0 aromatic heterocycles. The number of aryl methyl sites for hydroxylation is 1. The lowest BCUT2D eigenvalue weighted by Gasteiger charge is -2.12. The molecule has 0 amide bonds. The van der Waals surface area contributed by atoms with E-state index in [1.165, 1.54) is 17.7 Å². The Labute approximate surface area is 107 Å². The fraction of sp³-hybridized carbons (Fsp3) is 0.250. The zero-order chi connectivity index (χ0) is 13.0. The molecule has 0 bridgehead atoms. The summed E-state index contributed by atoms with van der Waals surface area (Å²) in [6.07, 6.45) is 1.37. The zero-order valence-electron chi connectivity index (χ0n) is 10.4. The number of hydrogen-bond donors (Lipinski definition) is 1. The first kappa shape index (κ1) is 12.8. The number of benzene rings is 2. The molecule has 2 rings (SSSR count). The number of aliphatic hydroxyl groups excluding tert-OH is 1. The van der Waals surface area contributed by atoms with E-state index in [4.69, 9.17) is 0 Å². The predicted molar refractivity (Wildman–Crippen MR) is 70.9 cm³/mol. The van der Waals surface area contributed by atoms with Crippen LogP contribution in [0.2, 0.25) is 0 Å². The van der Waals surface area contributed by atoms with Gasteiger partial charge in [0, 0.05) is 0 Å². The Morgan fingerprint density at radius 3 is 2.39 bits per heavy atom. The number of halogens is 1. The molecule has 1 N–H and O–H groups in total. The van der Waals surface area contributed by atoms with E-state index in [9.17, 15) is 9.50 Å². The third kappa shape index (κ3) is 2.96. The van der Waals surface area contributed by atoms with Crippen molar-refractivity contribution >= 4 is 0 Å². The molecule has 0 saturated heterocycles. The second-order valence-electron chi connectivity index (χ2n) is 4.45. The van der Waals surface area contributed by atoms with Gasteiger partial charge in [-0.2, -0.15) is 0 Å². The van der Waals surface area contributed by atoms with Crippen LogP contribution in [0.3, 0.4) is 0 Å². The van der Waals surface area contributed by atoms with Crippen molar-refractivity contribution in [3.05, 3.63) is 71.0 Å². The van der Waals surface area contributed by atoms with Crippen molar-refractivity contribution in [2.24, 2.45) is 0 Å². The van der Waals surface area contributed by atoms with Gasteiger partial charge in [0.1, 0.15) is 11.9 Å². The highest BCUT2D eigenvalue weighted by Gasteiger charge is 2.10. The van der Waals surface area contributed by atoms with Gasteiger partial charge < -0.3 is 5.11 Å². The molecule has 0 saturated carbocycles. The average molecular weight is 244 g/mol. The molecular formula is C16H17FO. The summed E-state index contributed by atoms with van der Waals surface area (Å²) in [5, 5.41) is 10.2. The highest BCUT2D eigenvalue weighted by atomic mass is 19.1. The summed E-state index contributed by atoms with van der Waals surface area (Å²) in [5.74, 6) is -0.325. The van der Waals surface area contributed by atoms with Crippen molar-refractivity contribution in [3.63, 3.8) is 0 Å². The number of aliphatic hydroxyl groups is 1. The fourth-order valence-corrected chi connectivity index (χ4v) is 2.02. The van der Waals surface area contributed by atoms with E-state index in [2.05, 4.69) is 6.92 Å². The number of rotatable bonds is 4. The lowest BCUT2D eigenvalue weighted by molar-refractivity contribution is 0.220. The van der Waals surface area contributed by atoms with Crippen LogP contribution in [-0.4, -0.2) is 5.11 Å². The molecule has 0 aliphatic rings. The molecule has 18 heavy (non-hydrogen) atoms. The Balaban J connectivity index is 2.20. The predicted octanol–water partition coefficient (Wildman–Crippen LogP) is 3.86. The smallest absolute Gasteiger partial charge is 0.123 e. The normalized spacial score (nSPS) is 12.4. The van der Waals surface area contributed by atoms with Gasteiger partial charge in [-0.3, -0.25) is 0 Å². The van der Waals surface area contributed by atoms with Crippen LogP contribution in [0.25, 0.3) is 0 Å². The molecule has 1 nitrogen and oxygen atoms in total. The van der Waals surface area contributed by atoms with E-state index >= 15 is 0 Å². The van der Waals surface area contributed by atoms with Gasteiger partial charge >= 0.3 is 0 Å². The standard InChI is InChI=1S/C16H17FO/c1-2-4-12-7-9-13(10-8-12)16(18)14-5-3-6-15(17)11-14/h3,5-11,16,18H,2,4H2,1H3. The first-order valence-electron chi connectivity index (χ1n) is 6.23. The first-order chi connectivity index (χ1) is 8.70. The van der Waals surface area contributed by atoms with Gasteiger partial charge in [0.2, 0.25) is 0 Å². The third-order valence-electron chi connectivity index (χ3n) is 3.00. The fourth-order valence-electron chi connectivity index (χ4n) is 2.02. The molecule has 0 aliphatic heterocycles. The van der Waals surface area contributed by atoms with E-state index < -0.39 is 6.10 Å². The summed E-state index contributed by atoms with van der Waals surface area (Å²) < 4.78 is 13.1. The van der Waals surface area contributed by atoms with E-state index in [-0.39, 0.29) is 5.82 Å². The van der Waals surface area contributed by atoms with Crippen LogP contribution in [-0.2, 0) is 6.42 Å². The van der Waals surface area contributed by atoms with E-state index in [1.807, 2.05) is 24.3 Å². The summed E-state index contributed by atoms with van der Waals surface area (Å²) in [4.78, 5) is 0. The van der Waals surface area contributed by atoms with Crippen LogP contribution in [0.1, 0.15) is 36.1 Å². The van der Waals surface area contributed by atoms with Crippen molar-refractivity contribution in [1.82, 2.24) is 0 Å². The maximum absolute atomic E-state index is 13.1. The summed E-state index contributed by atoms with van der Waals surface area (Å²) in [5.41, 5.74) is 2.63. The lowest BCUT2D eigenvalue weighted by atomic mass is 9.99. The summed E-state index contributed by atoms with van der Waals surface area (Å²) in [7, 11) is 0. The van der Waals surface area contributed by atoms with Crippen molar-refractivity contribution in [2.45, 2.75) is 25.9 Å². The Kier molecular flexibility index (Phi) is 4.11. The van der Waals surface area contributed by atoms with E-state index in [0.717, 1.165) is 18.4 Å². The van der Waals surface area contributed by atoms with Gasteiger partial charge in [-0.15, -0.1) is 0 Å². The molecule has 2 heteroatoms. The highest BCUT2D eigenvalue weighted by molar-refractivity contribution is 5.32. The lowest BCUT2D eigenvalue weighted by Crippen LogP contribution is -2.00. The molecule has 0 heterocycles. The molecule has 94 valence electrons. The second-order valence-corrected chi connectivity index (χ2v) is 4.45. The third-order valence-corrected chi connectivity index (χ3v) is 3.00. The largest absolute Gasteiger partial charge is 0.384 e. The van der Waals surface area contributed by atoms with Gasteiger partial charge in [0.15, 0.2) is 0 Å². The summed E-state index contributed by atoms with van der Waals surface area (Å²) in [6.45, 7) is 2.13. The van der Waals surface area contributed by atoms with Gasteiger partial charge in [0.25, 0.3) is 0 Å². The van der Waals surface area contributed by atoms with Crippen LogP contribution in [0.4, 0.5) is 4.39 Å². The first-order valence-corrected chi connectivity index (χ1v) is 6.23. The highest BCUT2D eigenvalue weighted by Crippen LogP contribution is 2.22. The van der Waals surface area contributed by atoms with Crippen LogP contribution >= 0.6 is 0 Å². The molecule has 1 atom stereocenters. The van der Waals surface area contributed by atoms with Crippen LogP contribution in [0, 0.1) is 5.82 Å². The SMILES string of the molecule is CCCc1ccc(C(O)c2cccc(F)c2)cc1. The molecular weight excluding hydrogens is 227 g/mol.